The summed E-state index contributed by atoms with van der Waals surface area (Å²) in [5.74, 6) is 0.568. The zero-order valence-corrected chi connectivity index (χ0v) is 15.2. The molecule has 0 amide bonds. The SMILES string of the molecule is Cc1ccc(S(=O)(=O)n2ccc3c(OCC(O)CCl)cccc32)cc1. The minimum Gasteiger partial charge on any atom is -0.490 e. The highest BCUT2D eigenvalue weighted by molar-refractivity contribution is 7.90. The average Bonchev–Trinajstić information content (AvgIpc) is 3.05. The number of rotatable bonds is 6. The van der Waals surface area contributed by atoms with Gasteiger partial charge in [-0.1, -0.05) is 23.8 Å². The van der Waals surface area contributed by atoms with Gasteiger partial charge in [-0.2, -0.15) is 0 Å². The standard InChI is InChI=1S/C18H18ClNO4S/c1-13-5-7-15(8-6-13)25(22,23)20-10-9-16-17(20)3-2-4-18(16)24-12-14(21)11-19/h2-10,14,21H,11-12H2,1H3. The Kier molecular flexibility index (Phi) is 5.03. The fourth-order valence-electron chi connectivity index (χ4n) is 2.50. The normalized spacial score (nSPS) is 13.1. The van der Waals surface area contributed by atoms with E-state index in [0.29, 0.717) is 16.7 Å². The van der Waals surface area contributed by atoms with E-state index in [1.807, 2.05) is 6.92 Å². The summed E-state index contributed by atoms with van der Waals surface area (Å²) in [6.07, 6.45) is 0.723. The Morgan fingerprint density at radius 3 is 2.56 bits per heavy atom. The molecule has 132 valence electrons. The largest absolute Gasteiger partial charge is 0.490 e. The van der Waals surface area contributed by atoms with Crippen LogP contribution in [-0.4, -0.2) is 36.1 Å². The zero-order chi connectivity index (χ0) is 18.0. The Hall–Kier alpha value is -2.02. The van der Waals surface area contributed by atoms with Gasteiger partial charge in [0, 0.05) is 11.6 Å². The van der Waals surface area contributed by atoms with E-state index in [1.54, 1.807) is 48.5 Å². The predicted octanol–water partition coefficient (Wildman–Crippen LogP) is 3.17. The van der Waals surface area contributed by atoms with E-state index in [1.165, 1.54) is 10.2 Å². The Balaban J connectivity index is 2.02. The topological polar surface area (TPSA) is 68.5 Å². The third-order valence-corrected chi connectivity index (χ3v) is 5.90. The first-order valence-electron chi connectivity index (χ1n) is 7.72. The zero-order valence-electron chi connectivity index (χ0n) is 13.6. The van der Waals surface area contributed by atoms with Crippen LogP contribution in [0, 0.1) is 6.92 Å². The minimum absolute atomic E-state index is 0.0402. The molecule has 0 radical (unpaired) electrons. The number of hydrogen-bond acceptors (Lipinski definition) is 4. The maximum absolute atomic E-state index is 12.9. The lowest BCUT2D eigenvalue weighted by Crippen LogP contribution is -2.18. The highest BCUT2D eigenvalue weighted by Gasteiger charge is 2.20. The molecule has 0 saturated heterocycles. The van der Waals surface area contributed by atoms with Gasteiger partial charge in [0.25, 0.3) is 10.0 Å². The molecule has 0 aliphatic carbocycles. The second-order valence-corrected chi connectivity index (χ2v) is 7.86. The molecule has 1 heterocycles. The Bertz CT molecular complexity index is 980. The molecule has 1 N–H and O–H groups in total. The van der Waals surface area contributed by atoms with E-state index in [4.69, 9.17) is 16.3 Å². The lowest BCUT2D eigenvalue weighted by molar-refractivity contribution is 0.126. The summed E-state index contributed by atoms with van der Waals surface area (Å²) in [4.78, 5) is 0.222. The van der Waals surface area contributed by atoms with Gasteiger partial charge < -0.3 is 9.84 Å². The van der Waals surface area contributed by atoms with Crippen LogP contribution < -0.4 is 4.74 Å². The molecular formula is C18H18ClNO4S. The van der Waals surface area contributed by atoms with Crippen molar-refractivity contribution in [3.8, 4) is 5.75 Å². The first-order chi connectivity index (χ1) is 11.9. The number of ether oxygens (including phenoxy) is 1. The van der Waals surface area contributed by atoms with Crippen LogP contribution in [0.25, 0.3) is 10.9 Å². The molecule has 2 aromatic carbocycles. The number of fused-ring (bicyclic) bond motifs is 1. The number of benzene rings is 2. The molecule has 1 atom stereocenters. The number of aliphatic hydroxyl groups excluding tert-OH is 1. The number of halogens is 1. The summed E-state index contributed by atoms with van der Waals surface area (Å²) >= 11 is 5.57. The van der Waals surface area contributed by atoms with Crippen LogP contribution in [0.15, 0.2) is 59.6 Å². The second kappa shape index (κ2) is 7.07. The number of nitrogens with zero attached hydrogens (tertiary/aromatic N) is 1. The molecule has 3 aromatic rings. The number of aromatic nitrogens is 1. The van der Waals surface area contributed by atoms with Gasteiger partial charge in [0.05, 0.1) is 16.3 Å². The van der Waals surface area contributed by atoms with Crippen LogP contribution >= 0.6 is 11.6 Å². The lowest BCUT2D eigenvalue weighted by Gasteiger charge is -2.11. The highest BCUT2D eigenvalue weighted by Crippen LogP contribution is 2.29. The number of hydrogen-bond donors (Lipinski definition) is 1. The maximum Gasteiger partial charge on any atom is 0.268 e. The Morgan fingerprint density at radius 2 is 1.88 bits per heavy atom. The summed E-state index contributed by atoms with van der Waals surface area (Å²) < 4.78 is 32.6. The Labute approximate surface area is 151 Å². The van der Waals surface area contributed by atoms with Gasteiger partial charge >= 0.3 is 0 Å². The van der Waals surface area contributed by atoms with Crippen LogP contribution in [0.1, 0.15) is 5.56 Å². The van der Waals surface area contributed by atoms with E-state index >= 15 is 0 Å². The van der Waals surface area contributed by atoms with Crippen molar-refractivity contribution in [3.05, 3.63) is 60.3 Å². The predicted molar refractivity (Wildman–Crippen MR) is 97.9 cm³/mol. The van der Waals surface area contributed by atoms with E-state index in [9.17, 15) is 13.5 Å². The summed E-state index contributed by atoms with van der Waals surface area (Å²) in [5.41, 5.74) is 1.50. The van der Waals surface area contributed by atoms with E-state index < -0.39 is 16.1 Å². The van der Waals surface area contributed by atoms with Crippen molar-refractivity contribution in [1.29, 1.82) is 0 Å². The smallest absolute Gasteiger partial charge is 0.268 e. The molecular weight excluding hydrogens is 362 g/mol. The minimum atomic E-state index is -3.70. The molecule has 0 aliphatic rings. The molecule has 0 fully saturated rings. The van der Waals surface area contributed by atoms with Crippen molar-refractivity contribution >= 4 is 32.5 Å². The lowest BCUT2D eigenvalue weighted by atomic mass is 10.2. The number of aliphatic hydroxyl groups is 1. The van der Waals surface area contributed by atoms with E-state index in [0.717, 1.165) is 5.56 Å². The van der Waals surface area contributed by atoms with Gasteiger partial charge in [-0.25, -0.2) is 12.4 Å². The van der Waals surface area contributed by atoms with Crippen LogP contribution in [0.2, 0.25) is 0 Å². The van der Waals surface area contributed by atoms with Gasteiger partial charge in [0.1, 0.15) is 18.5 Å². The van der Waals surface area contributed by atoms with Gasteiger partial charge in [0.2, 0.25) is 0 Å². The van der Waals surface area contributed by atoms with E-state index in [-0.39, 0.29) is 17.4 Å². The van der Waals surface area contributed by atoms with Gasteiger partial charge in [-0.3, -0.25) is 0 Å². The van der Waals surface area contributed by atoms with Crippen molar-refractivity contribution < 1.29 is 18.3 Å². The molecule has 0 bridgehead atoms. The molecule has 1 unspecified atom stereocenters. The van der Waals surface area contributed by atoms with Gasteiger partial charge in [-0.15, -0.1) is 11.6 Å². The summed E-state index contributed by atoms with van der Waals surface area (Å²) in [7, 11) is -3.70. The van der Waals surface area contributed by atoms with Gasteiger partial charge in [0.15, 0.2) is 0 Å². The third-order valence-electron chi connectivity index (χ3n) is 3.84. The van der Waals surface area contributed by atoms with Crippen LogP contribution in [0.5, 0.6) is 5.75 Å². The first kappa shape index (κ1) is 17.8. The van der Waals surface area contributed by atoms with Crippen molar-refractivity contribution in [2.24, 2.45) is 0 Å². The average molecular weight is 380 g/mol. The van der Waals surface area contributed by atoms with Crippen LogP contribution in [0.4, 0.5) is 0 Å². The van der Waals surface area contributed by atoms with Crippen molar-refractivity contribution in [2.75, 3.05) is 12.5 Å². The number of aryl methyl sites for hydroxylation is 1. The molecule has 0 saturated carbocycles. The number of alkyl halides is 1. The van der Waals surface area contributed by atoms with Crippen molar-refractivity contribution in [3.63, 3.8) is 0 Å². The molecule has 5 nitrogen and oxygen atoms in total. The molecule has 25 heavy (non-hydrogen) atoms. The first-order valence-corrected chi connectivity index (χ1v) is 9.70. The quantitative estimate of drug-likeness (QED) is 0.668. The summed E-state index contributed by atoms with van der Waals surface area (Å²) in [5, 5.41) is 10.2. The van der Waals surface area contributed by atoms with Crippen LogP contribution in [0.3, 0.4) is 0 Å². The van der Waals surface area contributed by atoms with Crippen molar-refractivity contribution in [2.45, 2.75) is 17.9 Å². The second-order valence-electron chi connectivity index (χ2n) is 5.74. The van der Waals surface area contributed by atoms with E-state index in [2.05, 4.69) is 0 Å². The molecule has 7 heteroatoms. The third kappa shape index (κ3) is 3.51. The summed E-state index contributed by atoms with van der Waals surface area (Å²) in [6, 6.07) is 13.6. The Morgan fingerprint density at radius 1 is 1.16 bits per heavy atom. The molecule has 0 spiro atoms. The fourth-order valence-corrected chi connectivity index (χ4v) is 3.94. The molecule has 1 aromatic heterocycles. The van der Waals surface area contributed by atoms with Gasteiger partial charge in [-0.05, 0) is 37.3 Å². The molecule has 3 rings (SSSR count). The molecule has 0 aliphatic heterocycles. The highest BCUT2D eigenvalue weighted by atomic mass is 35.5. The monoisotopic (exact) mass is 379 g/mol. The van der Waals surface area contributed by atoms with Crippen LogP contribution in [-0.2, 0) is 10.0 Å². The summed E-state index contributed by atoms with van der Waals surface area (Å²) in [6.45, 7) is 1.94. The fraction of sp³-hybridized carbons (Fsp3) is 0.222. The maximum atomic E-state index is 12.9. The van der Waals surface area contributed by atoms with Crippen molar-refractivity contribution in [1.82, 2.24) is 3.97 Å².